The van der Waals surface area contributed by atoms with E-state index in [0.29, 0.717) is 5.41 Å². The number of carbonyl (C=O) groups is 1. The van der Waals surface area contributed by atoms with Gasteiger partial charge in [0.05, 0.1) is 5.41 Å². The fraction of sp³-hybridized carbons (Fsp3) is 0.632. The van der Waals surface area contributed by atoms with Crippen LogP contribution in [0.3, 0.4) is 0 Å². The monoisotopic (exact) mass is 300 g/mol. The Kier molecular flexibility index (Phi) is 4.02. The molecule has 2 heterocycles. The third-order valence-electron chi connectivity index (χ3n) is 5.75. The zero-order valence-corrected chi connectivity index (χ0v) is 14.1. The lowest BCUT2D eigenvalue weighted by Crippen LogP contribution is -2.49. The molecule has 3 heteroatoms. The van der Waals surface area contributed by atoms with E-state index in [4.69, 9.17) is 0 Å². The van der Waals surface area contributed by atoms with E-state index in [2.05, 4.69) is 55.3 Å². The van der Waals surface area contributed by atoms with E-state index < -0.39 is 5.41 Å². The molecule has 1 aromatic carbocycles. The molecule has 2 aliphatic heterocycles. The fourth-order valence-corrected chi connectivity index (χ4v) is 3.90. The van der Waals surface area contributed by atoms with Crippen LogP contribution in [0.5, 0.6) is 0 Å². The van der Waals surface area contributed by atoms with Gasteiger partial charge in [0.1, 0.15) is 0 Å². The zero-order chi connectivity index (χ0) is 15.8. The minimum atomic E-state index is -0.438. The summed E-state index contributed by atoms with van der Waals surface area (Å²) in [6, 6.07) is 8.39. The van der Waals surface area contributed by atoms with Crippen molar-refractivity contribution in [3.05, 3.63) is 35.4 Å². The molecule has 0 atom stereocenters. The van der Waals surface area contributed by atoms with Crippen LogP contribution in [-0.2, 0) is 10.2 Å². The van der Waals surface area contributed by atoms with Crippen LogP contribution in [0.15, 0.2) is 24.3 Å². The van der Waals surface area contributed by atoms with Crippen molar-refractivity contribution in [1.82, 2.24) is 10.2 Å². The van der Waals surface area contributed by atoms with Gasteiger partial charge in [-0.2, -0.15) is 0 Å². The molecule has 1 spiro atoms. The Morgan fingerprint density at radius 1 is 1.14 bits per heavy atom. The molecule has 0 radical (unpaired) electrons. The molecule has 3 nitrogen and oxygen atoms in total. The summed E-state index contributed by atoms with van der Waals surface area (Å²) in [6.07, 6.45) is 3.57. The van der Waals surface area contributed by atoms with Gasteiger partial charge in [-0.1, -0.05) is 29.8 Å². The van der Waals surface area contributed by atoms with Gasteiger partial charge in [0, 0.05) is 19.6 Å². The molecule has 2 fully saturated rings. The number of carbonyl (C=O) groups excluding carboxylic acids is 1. The Morgan fingerprint density at radius 3 is 2.32 bits per heavy atom. The Hall–Kier alpha value is -1.35. The van der Waals surface area contributed by atoms with Gasteiger partial charge in [0.15, 0.2) is 0 Å². The lowest BCUT2D eigenvalue weighted by Gasteiger charge is -2.41. The highest BCUT2D eigenvalue weighted by Gasteiger charge is 2.41. The minimum absolute atomic E-state index is 0.275. The van der Waals surface area contributed by atoms with Crippen molar-refractivity contribution in [2.45, 2.75) is 45.4 Å². The molecule has 120 valence electrons. The van der Waals surface area contributed by atoms with Gasteiger partial charge in [-0.15, -0.1) is 0 Å². The van der Waals surface area contributed by atoms with Crippen LogP contribution in [-0.4, -0.2) is 37.0 Å². The van der Waals surface area contributed by atoms with E-state index in [9.17, 15) is 4.79 Å². The number of piperidine rings is 1. The summed E-state index contributed by atoms with van der Waals surface area (Å²) in [7, 11) is 0. The molecule has 22 heavy (non-hydrogen) atoms. The van der Waals surface area contributed by atoms with Crippen LogP contribution in [0.1, 0.15) is 44.2 Å². The number of likely N-dealkylation sites (tertiary alicyclic amines) is 1. The number of hydrogen-bond acceptors (Lipinski definition) is 2. The minimum Gasteiger partial charge on any atom is -0.342 e. The second-order valence-electron chi connectivity index (χ2n) is 7.71. The predicted molar refractivity (Wildman–Crippen MR) is 89.9 cm³/mol. The van der Waals surface area contributed by atoms with Crippen LogP contribution in [0.2, 0.25) is 0 Å². The smallest absolute Gasteiger partial charge is 0.232 e. The zero-order valence-electron chi connectivity index (χ0n) is 14.1. The molecule has 1 aromatic rings. The van der Waals surface area contributed by atoms with Gasteiger partial charge in [-0.05, 0) is 57.6 Å². The highest BCUT2D eigenvalue weighted by atomic mass is 16.2. The van der Waals surface area contributed by atoms with Crippen LogP contribution in [0.4, 0.5) is 0 Å². The first kappa shape index (κ1) is 15.5. The Morgan fingerprint density at radius 2 is 1.77 bits per heavy atom. The van der Waals surface area contributed by atoms with Gasteiger partial charge in [0.25, 0.3) is 0 Å². The quantitative estimate of drug-likeness (QED) is 0.911. The number of aryl methyl sites for hydroxylation is 1. The van der Waals surface area contributed by atoms with Crippen LogP contribution in [0.25, 0.3) is 0 Å². The molecule has 0 bridgehead atoms. The predicted octanol–water partition coefficient (Wildman–Crippen LogP) is 2.87. The summed E-state index contributed by atoms with van der Waals surface area (Å²) >= 11 is 0. The number of nitrogens with one attached hydrogen (secondary N) is 1. The van der Waals surface area contributed by atoms with Crippen molar-refractivity contribution in [2.24, 2.45) is 5.41 Å². The van der Waals surface area contributed by atoms with Gasteiger partial charge < -0.3 is 10.2 Å². The summed E-state index contributed by atoms with van der Waals surface area (Å²) in [5.74, 6) is 0.275. The number of benzene rings is 1. The molecule has 1 amide bonds. The first-order valence-electron chi connectivity index (χ1n) is 8.50. The Bertz CT molecular complexity index is 531. The first-order chi connectivity index (χ1) is 10.4. The normalized spacial score (nSPS) is 21.3. The summed E-state index contributed by atoms with van der Waals surface area (Å²) in [5, 5.41) is 3.48. The van der Waals surface area contributed by atoms with Gasteiger partial charge >= 0.3 is 0 Å². The van der Waals surface area contributed by atoms with E-state index >= 15 is 0 Å². The summed E-state index contributed by atoms with van der Waals surface area (Å²) in [5.41, 5.74) is 2.38. The Labute approximate surface area is 134 Å². The van der Waals surface area contributed by atoms with E-state index in [0.717, 1.165) is 44.6 Å². The van der Waals surface area contributed by atoms with Crippen molar-refractivity contribution in [2.75, 3.05) is 26.2 Å². The van der Waals surface area contributed by atoms with E-state index in [1.807, 2.05) is 0 Å². The van der Waals surface area contributed by atoms with E-state index in [1.54, 1.807) is 0 Å². The average Bonchev–Trinajstić information content (AvgIpc) is 2.96. The van der Waals surface area contributed by atoms with Crippen LogP contribution in [0, 0.1) is 12.3 Å². The van der Waals surface area contributed by atoms with Crippen molar-refractivity contribution in [1.29, 1.82) is 0 Å². The van der Waals surface area contributed by atoms with Crippen molar-refractivity contribution in [3.63, 3.8) is 0 Å². The molecule has 2 aliphatic rings. The number of rotatable bonds is 2. The van der Waals surface area contributed by atoms with E-state index in [1.165, 1.54) is 12.0 Å². The molecular formula is C19H28N2O. The Balaban J connectivity index is 1.69. The lowest BCUT2D eigenvalue weighted by molar-refractivity contribution is -0.138. The number of nitrogens with zero attached hydrogens (tertiary/aromatic N) is 1. The SMILES string of the molecule is Cc1ccc(C(C)(C)C(=O)N2CCC3(CCNC3)CC2)cc1. The van der Waals surface area contributed by atoms with Crippen molar-refractivity contribution in [3.8, 4) is 0 Å². The molecule has 3 rings (SSSR count). The maximum Gasteiger partial charge on any atom is 0.232 e. The summed E-state index contributed by atoms with van der Waals surface area (Å²) < 4.78 is 0. The lowest BCUT2D eigenvalue weighted by atomic mass is 9.76. The topological polar surface area (TPSA) is 32.3 Å². The highest BCUT2D eigenvalue weighted by Crippen LogP contribution is 2.38. The molecule has 0 unspecified atom stereocenters. The third kappa shape index (κ3) is 2.79. The molecule has 0 aliphatic carbocycles. The van der Waals surface area contributed by atoms with Crippen molar-refractivity contribution >= 4 is 5.91 Å². The molecule has 0 saturated carbocycles. The maximum atomic E-state index is 13.0. The van der Waals surface area contributed by atoms with E-state index in [-0.39, 0.29) is 5.91 Å². The third-order valence-corrected chi connectivity index (χ3v) is 5.75. The maximum absolute atomic E-state index is 13.0. The molecule has 2 saturated heterocycles. The van der Waals surface area contributed by atoms with Gasteiger partial charge in [0.2, 0.25) is 5.91 Å². The number of amides is 1. The summed E-state index contributed by atoms with van der Waals surface area (Å²) in [6.45, 7) is 10.3. The second kappa shape index (κ2) is 5.69. The first-order valence-corrected chi connectivity index (χ1v) is 8.50. The second-order valence-corrected chi connectivity index (χ2v) is 7.71. The largest absolute Gasteiger partial charge is 0.342 e. The standard InChI is InChI=1S/C19H28N2O/c1-15-4-6-16(7-5-15)18(2,3)17(22)21-12-9-19(10-13-21)8-11-20-14-19/h4-7,20H,8-14H2,1-3H3. The fourth-order valence-electron chi connectivity index (χ4n) is 3.90. The van der Waals surface area contributed by atoms with Crippen LogP contribution < -0.4 is 5.32 Å². The molecule has 0 aromatic heterocycles. The van der Waals surface area contributed by atoms with Gasteiger partial charge in [-0.25, -0.2) is 0 Å². The van der Waals surface area contributed by atoms with Gasteiger partial charge in [-0.3, -0.25) is 4.79 Å². The molecule has 1 N–H and O–H groups in total. The highest BCUT2D eigenvalue weighted by molar-refractivity contribution is 5.87. The van der Waals surface area contributed by atoms with Crippen LogP contribution >= 0.6 is 0 Å². The summed E-state index contributed by atoms with van der Waals surface area (Å²) in [4.78, 5) is 15.1. The molecular weight excluding hydrogens is 272 g/mol. The van der Waals surface area contributed by atoms with Crippen molar-refractivity contribution < 1.29 is 4.79 Å². The number of hydrogen-bond donors (Lipinski definition) is 1. The average molecular weight is 300 g/mol.